The normalized spacial score (nSPS) is 12.4. The molecule has 0 aliphatic heterocycles. The van der Waals surface area contributed by atoms with E-state index in [-0.39, 0.29) is 5.41 Å². The Bertz CT molecular complexity index is 786. The molecule has 24 heavy (non-hydrogen) atoms. The van der Waals surface area contributed by atoms with Crippen LogP contribution >= 0.6 is 0 Å². The summed E-state index contributed by atoms with van der Waals surface area (Å²) in [5, 5.41) is 0. The van der Waals surface area contributed by atoms with Crippen LogP contribution in [0.2, 0.25) is 0 Å². The summed E-state index contributed by atoms with van der Waals surface area (Å²) >= 11 is 0. The molecule has 0 aliphatic carbocycles. The zero-order valence-corrected chi connectivity index (χ0v) is 16.0. The maximum absolute atomic E-state index is 12.5. The fourth-order valence-electron chi connectivity index (χ4n) is 2.72. The molecule has 2 aromatic carbocycles. The van der Waals surface area contributed by atoms with Gasteiger partial charge in [-0.2, -0.15) is 0 Å². The molecular formula is C20H27NO2S. The van der Waals surface area contributed by atoms with Crippen LogP contribution in [-0.4, -0.2) is 8.42 Å². The first-order valence-electron chi connectivity index (χ1n) is 8.31. The summed E-state index contributed by atoms with van der Waals surface area (Å²) in [6, 6.07) is 13.3. The Morgan fingerprint density at radius 3 is 2.00 bits per heavy atom. The molecule has 1 N–H and O–H groups in total. The minimum atomic E-state index is -3.50. The van der Waals surface area contributed by atoms with Gasteiger partial charge < -0.3 is 0 Å². The second-order valence-electron chi connectivity index (χ2n) is 7.08. The number of hydrogen-bond acceptors (Lipinski definition) is 2. The second kappa shape index (κ2) is 7.08. The highest BCUT2D eigenvalue weighted by atomic mass is 32.2. The van der Waals surface area contributed by atoms with E-state index in [1.54, 1.807) is 12.1 Å². The molecule has 0 spiro atoms. The van der Waals surface area contributed by atoms with Gasteiger partial charge in [0, 0.05) is 6.54 Å². The third kappa shape index (κ3) is 4.46. The van der Waals surface area contributed by atoms with Crippen LogP contribution in [0.5, 0.6) is 0 Å². The molecule has 0 heterocycles. The van der Waals surface area contributed by atoms with E-state index in [4.69, 9.17) is 0 Å². The van der Waals surface area contributed by atoms with Gasteiger partial charge in [0.15, 0.2) is 0 Å². The van der Waals surface area contributed by atoms with Crippen molar-refractivity contribution in [2.24, 2.45) is 0 Å². The van der Waals surface area contributed by atoms with E-state index in [0.717, 1.165) is 28.7 Å². The zero-order valence-electron chi connectivity index (χ0n) is 15.2. The van der Waals surface area contributed by atoms with Crippen LogP contribution in [0, 0.1) is 13.8 Å². The molecule has 3 nitrogen and oxygen atoms in total. The Labute approximate surface area is 146 Å². The minimum absolute atomic E-state index is 0.0504. The van der Waals surface area contributed by atoms with Crippen LogP contribution in [0.3, 0.4) is 0 Å². The van der Waals surface area contributed by atoms with Gasteiger partial charge in [-0.1, -0.05) is 62.2 Å². The lowest BCUT2D eigenvalue weighted by molar-refractivity contribution is 0.505. The summed E-state index contributed by atoms with van der Waals surface area (Å²) in [7, 11) is -3.50. The molecule has 2 aromatic rings. The van der Waals surface area contributed by atoms with Crippen LogP contribution in [0.1, 0.15) is 49.4 Å². The Morgan fingerprint density at radius 2 is 1.50 bits per heavy atom. The van der Waals surface area contributed by atoms with Gasteiger partial charge in [-0.05, 0) is 48.9 Å². The van der Waals surface area contributed by atoms with Crippen molar-refractivity contribution in [3.05, 3.63) is 64.7 Å². The van der Waals surface area contributed by atoms with Gasteiger partial charge >= 0.3 is 0 Å². The van der Waals surface area contributed by atoms with Gasteiger partial charge in [-0.3, -0.25) is 0 Å². The monoisotopic (exact) mass is 345 g/mol. The van der Waals surface area contributed by atoms with Crippen LogP contribution in [0.25, 0.3) is 0 Å². The van der Waals surface area contributed by atoms with E-state index < -0.39 is 10.0 Å². The molecule has 0 saturated heterocycles. The minimum Gasteiger partial charge on any atom is -0.207 e. The SMILES string of the molecule is CCC(C)(C)c1ccc(S(=O)(=O)NCc2cc(C)cc(C)c2)cc1. The van der Waals surface area contributed by atoms with Gasteiger partial charge in [0.2, 0.25) is 10.0 Å². The van der Waals surface area contributed by atoms with Gasteiger partial charge in [0.1, 0.15) is 0 Å². The number of hydrogen-bond donors (Lipinski definition) is 1. The van der Waals surface area contributed by atoms with Crippen LogP contribution in [0.4, 0.5) is 0 Å². The lowest BCUT2D eigenvalue weighted by atomic mass is 9.82. The molecule has 0 amide bonds. The summed E-state index contributed by atoms with van der Waals surface area (Å²) in [5.41, 5.74) is 4.44. The third-order valence-electron chi connectivity index (χ3n) is 4.58. The standard InChI is InChI=1S/C20H27NO2S/c1-6-20(4,5)18-7-9-19(10-8-18)24(22,23)21-14-17-12-15(2)11-16(3)13-17/h7-13,21H,6,14H2,1-5H3. The number of aryl methyl sites for hydroxylation is 2. The highest BCUT2D eigenvalue weighted by Gasteiger charge is 2.20. The van der Waals surface area contributed by atoms with Gasteiger partial charge in [0.05, 0.1) is 4.90 Å². The van der Waals surface area contributed by atoms with Crippen molar-refractivity contribution in [1.29, 1.82) is 0 Å². The predicted molar refractivity (Wildman–Crippen MR) is 99.7 cm³/mol. The van der Waals surface area contributed by atoms with Crippen molar-refractivity contribution in [1.82, 2.24) is 4.72 Å². The van der Waals surface area contributed by atoms with E-state index in [0.29, 0.717) is 11.4 Å². The number of nitrogens with one attached hydrogen (secondary N) is 1. The summed E-state index contributed by atoms with van der Waals surface area (Å²) in [5.74, 6) is 0. The first kappa shape index (κ1) is 18.7. The summed E-state index contributed by atoms with van der Waals surface area (Å²) < 4.78 is 27.7. The molecule has 0 aliphatic rings. The topological polar surface area (TPSA) is 46.2 Å². The smallest absolute Gasteiger partial charge is 0.207 e. The first-order chi connectivity index (χ1) is 11.1. The lowest BCUT2D eigenvalue weighted by Gasteiger charge is -2.23. The number of sulfonamides is 1. The fraction of sp³-hybridized carbons (Fsp3) is 0.400. The molecule has 0 atom stereocenters. The van der Waals surface area contributed by atoms with Gasteiger partial charge in [0.25, 0.3) is 0 Å². The molecule has 0 radical (unpaired) electrons. The van der Waals surface area contributed by atoms with Gasteiger partial charge in [-0.15, -0.1) is 0 Å². The van der Waals surface area contributed by atoms with Gasteiger partial charge in [-0.25, -0.2) is 13.1 Å². The molecule has 2 rings (SSSR count). The highest BCUT2D eigenvalue weighted by molar-refractivity contribution is 7.89. The summed E-state index contributed by atoms with van der Waals surface area (Å²) in [4.78, 5) is 0.308. The molecule has 0 bridgehead atoms. The van der Waals surface area contributed by atoms with Crippen molar-refractivity contribution < 1.29 is 8.42 Å². The lowest BCUT2D eigenvalue weighted by Crippen LogP contribution is -2.23. The maximum atomic E-state index is 12.5. The van der Waals surface area contributed by atoms with Crippen molar-refractivity contribution in [3.8, 4) is 0 Å². The molecule has 0 fully saturated rings. The third-order valence-corrected chi connectivity index (χ3v) is 5.99. The molecule has 0 unspecified atom stereocenters. The number of rotatable bonds is 6. The fourth-order valence-corrected chi connectivity index (χ4v) is 3.74. The Hall–Kier alpha value is -1.65. The summed E-state index contributed by atoms with van der Waals surface area (Å²) in [6.07, 6.45) is 1.00. The number of benzene rings is 2. The molecule has 0 aromatic heterocycles. The quantitative estimate of drug-likeness (QED) is 0.839. The van der Waals surface area contributed by atoms with E-state index in [9.17, 15) is 8.42 Å². The second-order valence-corrected chi connectivity index (χ2v) is 8.85. The van der Waals surface area contributed by atoms with Crippen molar-refractivity contribution in [2.45, 2.75) is 57.9 Å². The predicted octanol–water partition coefficient (Wildman–Crippen LogP) is 4.47. The average molecular weight is 346 g/mol. The van der Waals surface area contributed by atoms with Crippen molar-refractivity contribution in [2.75, 3.05) is 0 Å². The molecule has 0 saturated carbocycles. The molecular weight excluding hydrogens is 318 g/mol. The largest absolute Gasteiger partial charge is 0.240 e. The first-order valence-corrected chi connectivity index (χ1v) is 9.80. The Balaban J connectivity index is 2.15. The van der Waals surface area contributed by atoms with Crippen LogP contribution in [-0.2, 0) is 22.0 Å². The average Bonchev–Trinajstić information content (AvgIpc) is 2.52. The molecule has 4 heteroatoms. The van der Waals surface area contributed by atoms with Crippen molar-refractivity contribution in [3.63, 3.8) is 0 Å². The van der Waals surface area contributed by atoms with E-state index in [1.807, 2.05) is 38.1 Å². The van der Waals surface area contributed by atoms with E-state index >= 15 is 0 Å². The van der Waals surface area contributed by atoms with Crippen LogP contribution in [0.15, 0.2) is 47.4 Å². The Morgan fingerprint density at radius 1 is 0.958 bits per heavy atom. The summed E-state index contributed by atoms with van der Waals surface area (Å²) in [6.45, 7) is 10.8. The van der Waals surface area contributed by atoms with E-state index in [1.165, 1.54) is 0 Å². The highest BCUT2D eigenvalue weighted by Crippen LogP contribution is 2.27. The zero-order chi connectivity index (χ0) is 18.0. The van der Waals surface area contributed by atoms with E-state index in [2.05, 4.69) is 31.6 Å². The Kier molecular flexibility index (Phi) is 5.51. The van der Waals surface area contributed by atoms with Crippen LogP contribution < -0.4 is 4.72 Å². The van der Waals surface area contributed by atoms with Crippen molar-refractivity contribution >= 4 is 10.0 Å². The molecule has 130 valence electrons. The maximum Gasteiger partial charge on any atom is 0.240 e.